The highest BCUT2D eigenvalue weighted by molar-refractivity contribution is 7.72. The van der Waals surface area contributed by atoms with Crippen LogP contribution in [0.4, 0.5) is 0 Å². The Hall–Kier alpha value is -1.60. The van der Waals surface area contributed by atoms with Crippen LogP contribution in [0.2, 0.25) is 0 Å². The van der Waals surface area contributed by atoms with Crippen LogP contribution in [0.5, 0.6) is 0 Å². The van der Waals surface area contributed by atoms with Crippen LogP contribution in [0.25, 0.3) is 0 Å². The lowest BCUT2D eigenvalue weighted by atomic mass is 10.1. The standard InChI is InChI=1S/C19H31N2O6P/c1-12(19(25)26)6-9-20-13(2)21(10-7-15(20)22)18-17(24)16(23)14(27-18)8-11-28(3,4)5/h7,10,12,14,16-18,23-24H,2-3,6,8-9,11H2,1,4-5H3,(H,25,26)/t12?,14-,16-,17-,18?/m1/s1. The molecule has 9 heteroatoms. The maximum absolute atomic E-state index is 12.2. The number of hydrogen-bond acceptors (Lipinski definition) is 6. The van der Waals surface area contributed by atoms with Crippen molar-refractivity contribution in [3.05, 3.63) is 24.7 Å². The highest BCUT2D eigenvalue weighted by Crippen LogP contribution is 2.39. The summed E-state index contributed by atoms with van der Waals surface area (Å²) >= 11 is 0. The highest BCUT2D eigenvalue weighted by atomic mass is 31.2. The van der Waals surface area contributed by atoms with Gasteiger partial charge in [-0.2, -0.15) is 0 Å². The first-order valence-corrected chi connectivity index (χ1v) is 12.4. The SMILES string of the molecule is C=C1N(CCC(C)C(=O)O)C(=O)C=CN1C1O[C@H](CCP(=C)(C)C)[C@@H](O)[C@H]1O. The second-order valence-electron chi connectivity index (χ2n) is 8.15. The van der Waals surface area contributed by atoms with Crippen LogP contribution in [0.3, 0.4) is 0 Å². The molecule has 0 aromatic heterocycles. The van der Waals surface area contributed by atoms with E-state index in [1.165, 1.54) is 22.1 Å². The van der Waals surface area contributed by atoms with E-state index < -0.39 is 43.3 Å². The molecule has 3 N–H and O–H groups in total. The number of carbonyl (C=O) groups excluding carboxylic acids is 1. The summed E-state index contributed by atoms with van der Waals surface area (Å²) in [5.74, 6) is -1.56. The number of ether oxygens (including phenoxy) is 1. The fourth-order valence-electron chi connectivity index (χ4n) is 3.18. The Labute approximate surface area is 166 Å². The molecule has 0 radical (unpaired) electrons. The molecule has 0 aliphatic carbocycles. The second kappa shape index (κ2) is 8.82. The molecule has 28 heavy (non-hydrogen) atoms. The molecule has 2 aliphatic heterocycles. The van der Waals surface area contributed by atoms with E-state index >= 15 is 0 Å². The van der Waals surface area contributed by atoms with Gasteiger partial charge in [0.25, 0.3) is 5.91 Å². The Morgan fingerprint density at radius 2 is 2.00 bits per heavy atom. The van der Waals surface area contributed by atoms with Gasteiger partial charge in [-0.25, -0.2) is 0 Å². The number of carboxylic acid groups (broad SMARTS) is 1. The summed E-state index contributed by atoms with van der Waals surface area (Å²) in [5.41, 5.74) is 0. The van der Waals surface area contributed by atoms with Crippen LogP contribution in [0.15, 0.2) is 24.7 Å². The number of carbonyl (C=O) groups is 2. The molecular weight excluding hydrogens is 383 g/mol. The topological polar surface area (TPSA) is 111 Å². The summed E-state index contributed by atoms with van der Waals surface area (Å²) < 4.78 is 5.91. The Morgan fingerprint density at radius 3 is 2.57 bits per heavy atom. The molecule has 1 fully saturated rings. The predicted octanol–water partition coefficient (Wildman–Crippen LogP) is 0.772. The summed E-state index contributed by atoms with van der Waals surface area (Å²) in [4.78, 5) is 26.1. The second-order valence-corrected chi connectivity index (χ2v) is 12.5. The largest absolute Gasteiger partial charge is 0.481 e. The van der Waals surface area contributed by atoms with Gasteiger partial charge < -0.3 is 25.0 Å². The van der Waals surface area contributed by atoms with Gasteiger partial charge in [-0.15, -0.1) is 13.2 Å². The Kier molecular flexibility index (Phi) is 7.15. The normalized spacial score (nSPS) is 29.5. The van der Waals surface area contributed by atoms with E-state index in [1.54, 1.807) is 6.92 Å². The molecule has 5 atom stereocenters. The first-order chi connectivity index (χ1) is 12.9. The Bertz CT molecular complexity index is 703. The molecule has 158 valence electrons. The minimum atomic E-state index is -1.29. The van der Waals surface area contributed by atoms with Gasteiger partial charge in [0.1, 0.15) is 18.0 Å². The number of amides is 1. The lowest BCUT2D eigenvalue weighted by Crippen LogP contribution is -2.48. The third kappa shape index (κ3) is 5.26. The molecule has 2 unspecified atom stereocenters. The Morgan fingerprint density at radius 1 is 1.36 bits per heavy atom. The third-order valence-electron chi connectivity index (χ3n) is 5.09. The van der Waals surface area contributed by atoms with Crippen molar-refractivity contribution >= 4 is 25.1 Å². The van der Waals surface area contributed by atoms with E-state index in [4.69, 9.17) is 9.84 Å². The number of aliphatic hydroxyl groups excluding tert-OH is 2. The van der Waals surface area contributed by atoms with E-state index in [9.17, 15) is 19.8 Å². The van der Waals surface area contributed by atoms with Gasteiger partial charge in [-0.3, -0.25) is 14.5 Å². The lowest BCUT2D eigenvalue weighted by Gasteiger charge is -2.38. The first-order valence-electron chi connectivity index (χ1n) is 9.31. The van der Waals surface area contributed by atoms with Gasteiger partial charge in [-0.05, 0) is 32.3 Å². The van der Waals surface area contributed by atoms with Gasteiger partial charge >= 0.3 is 5.97 Å². The smallest absolute Gasteiger partial charge is 0.306 e. The minimum Gasteiger partial charge on any atom is -0.481 e. The van der Waals surface area contributed by atoms with E-state index in [-0.39, 0.29) is 24.7 Å². The summed E-state index contributed by atoms with van der Waals surface area (Å²) in [6.07, 6.45) is 5.01. The van der Waals surface area contributed by atoms with Crippen molar-refractivity contribution in [2.45, 2.75) is 44.3 Å². The molecular formula is C19H31N2O6P. The van der Waals surface area contributed by atoms with Crippen molar-refractivity contribution in [2.24, 2.45) is 5.92 Å². The van der Waals surface area contributed by atoms with Crippen LogP contribution in [0, 0.1) is 5.92 Å². The van der Waals surface area contributed by atoms with Crippen molar-refractivity contribution < 1.29 is 29.6 Å². The number of rotatable bonds is 8. The van der Waals surface area contributed by atoms with Gasteiger partial charge in [0.15, 0.2) is 6.23 Å². The highest BCUT2D eigenvalue weighted by Gasteiger charge is 2.46. The number of hydrogen-bond donors (Lipinski definition) is 3. The van der Waals surface area contributed by atoms with Crippen molar-refractivity contribution in [3.8, 4) is 0 Å². The average Bonchev–Trinajstić information content (AvgIpc) is 2.87. The predicted molar refractivity (Wildman–Crippen MR) is 109 cm³/mol. The monoisotopic (exact) mass is 414 g/mol. The molecule has 0 bridgehead atoms. The molecule has 0 saturated carbocycles. The van der Waals surface area contributed by atoms with Crippen LogP contribution in [-0.4, -0.2) is 93.9 Å². The van der Waals surface area contributed by atoms with E-state index in [1.807, 2.05) is 0 Å². The Balaban J connectivity index is 2.08. The van der Waals surface area contributed by atoms with E-state index in [0.717, 1.165) is 6.16 Å². The number of nitrogens with zero attached hydrogens (tertiary/aromatic N) is 2. The van der Waals surface area contributed by atoms with Gasteiger partial charge in [0.05, 0.1) is 12.0 Å². The number of carboxylic acids is 1. The van der Waals surface area contributed by atoms with Crippen molar-refractivity contribution in [3.63, 3.8) is 0 Å². The van der Waals surface area contributed by atoms with Crippen molar-refractivity contribution in [1.82, 2.24) is 9.80 Å². The molecule has 1 amide bonds. The summed E-state index contributed by atoms with van der Waals surface area (Å²) in [6.45, 7) is 8.58. The molecule has 0 aromatic rings. The molecule has 2 heterocycles. The molecule has 0 spiro atoms. The van der Waals surface area contributed by atoms with Crippen LogP contribution >= 0.6 is 6.89 Å². The van der Waals surface area contributed by atoms with Gasteiger partial charge in [0.2, 0.25) is 0 Å². The van der Waals surface area contributed by atoms with Gasteiger partial charge in [0, 0.05) is 18.8 Å². The summed E-state index contributed by atoms with van der Waals surface area (Å²) in [5, 5.41) is 29.9. The quantitative estimate of drug-likeness (QED) is 0.503. The third-order valence-corrected chi connectivity index (χ3v) is 6.56. The van der Waals surface area contributed by atoms with Crippen LogP contribution < -0.4 is 0 Å². The number of aliphatic carboxylic acids is 1. The molecule has 2 rings (SSSR count). The molecule has 1 saturated heterocycles. The fraction of sp³-hybridized carbons (Fsp3) is 0.632. The van der Waals surface area contributed by atoms with Gasteiger partial charge in [-0.1, -0.05) is 13.5 Å². The average molecular weight is 414 g/mol. The van der Waals surface area contributed by atoms with E-state index in [0.29, 0.717) is 6.42 Å². The van der Waals surface area contributed by atoms with E-state index in [2.05, 4.69) is 26.2 Å². The molecule has 0 aromatic carbocycles. The van der Waals surface area contributed by atoms with Crippen LogP contribution in [0.1, 0.15) is 19.8 Å². The maximum Gasteiger partial charge on any atom is 0.306 e. The number of aliphatic hydroxyl groups is 2. The first kappa shape index (κ1) is 22.7. The molecule has 2 aliphatic rings. The van der Waals surface area contributed by atoms with Crippen molar-refractivity contribution in [1.29, 1.82) is 0 Å². The maximum atomic E-state index is 12.2. The molecule has 8 nitrogen and oxygen atoms in total. The minimum absolute atomic E-state index is 0.181. The lowest BCUT2D eigenvalue weighted by molar-refractivity contribution is -0.142. The zero-order chi connectivity index (χ0) is 21.2. The van der Waals surface area contributed by atoms with Crippen LogP contribution in [-0.2, 0) is 14.3 Å². The zero-order valence-corrected chi connectivity index (χ0v) is 17.6. The van der Waals surface area contributed by atoms with Crippen molar-refractivity contribution in [2.75, 3.05) is 26.0 Å². The fourth-order valence-corrected chi connectivity index (χ4v) is 4.13. The summed E-state index contributed by atoms with van der Waals surface area (Å²) in [6, 6.07) is 0. The zero-order valence-electron chi connectivity index (χ0n) is 16.7. The summed E-state index contributed by atoms with van der Waals surface area (Å²) in [7, 11) is 0.